The Hall–Kier alpha value is -1.17. The molecule has 1 aliphatic rings. The van der Waals surface area contributed by atoms with Gasteiger partial charge in [-0.3, -0.25) is 0 Å². The fourth-order valence-corrected chi connectivity index (χ4v) is 1.02. The molecule has 1 heterocycles. The van der Waals surface area contributed by atoms with E-state index in [1.54, 1.807) is 5.59 Å². The molecule has 0 unspecified atom stereocenters. The Kier molecular flexibility index (Phi) is 2.79. The molecule has 6 heteroatoms. The highest BCUT2D eigenvalue weighted by Gasteiger charge is 2.23. The first kappa shape index (κ1) is 7.93. The summed E-state index contributed by atoms with van der Waals surface area (Å²) in [5.74, 6) is -0.484. The van der Waals surface area contributed by atoms with Crippen LogP contribution >= 0.6 is 0 Å². The van der Waals surface area contributed by atoms with Crippen molar-refractivity contribution in [3.63, 3.8) is 0 Å². The highest BCUT2D eigenvalue weighted by Crippen LogP contribution is 2.05. The Morgan fingerprint density at radius 1 is 1.73 bits per heavy atom. The molecular weight excluding hydrogens is 150 g/mol. The average Bonchev–Trinajstić information content (AvgIpc) is 2.52. The summed E-state index contributed by atoms with van der Waals surface area (Å²) >= 11 is 0. The lowest BCUT2D eigenvalue weighted by Crippen LogP contribution is -2.34. The van der Waals surface area contributed by atoms with Crippen molar-refractivity contribution in [2.75, 3.05) is 6.54 Å². The van der Waals surface area contributed by atoms with Gasteiger partial charge in [-0.2, -0.15) is 0 Å². The zero-order valence-electron chi connectivity index (χ0n) is 5.87. The van der Waals surface area contributed by atoms with Crippen molar-refractivity contribution in [3.05, 3.63) is 4.91 Å². The van der Waals surface area contributed by atoms with Gasteiger partial charge in [-0.25, -0.2) is 4.79 Å². The van der Waals surface area contributed by atoms with Gasteiger partial charge in [-0.05, 0) is 19.4 Å². The summed E-state index contributed by atoms with van der Waals surface area (Å²) in [6.45, 7) is 0.814. The van der Waals surface area contributed by atoms with Gasteiger partial charge >= 0.3 is 5.97 Å². The molecule has 1 atom stereocenters. The van der Waals surface area contributed by atoms with E-state index in [4.69, 9.17) is 0 Å². The first-order valence-electron chi connectivity index (χ1n) is 3.36. The maximum Gasteiger partial charge on any atom is 0.351 e. The minimum atomic E-state index is -0.484. The van der Waals surface area contributed by atoms with Crippen LogP contribution < -0.4 is 10.9 Å². The molecule has 0 aromatic heterocycles. The van der Waals surface area contributed by atoms with Crippen molar-refractivity contribution < 1.29 is 9.63 Å². The smallest absolute Gasteiger partial charge is 0.322 e. The molecule has 0 spiro atoms. The van der Waals surface area contributed by atoms with Crippen molar-refractivity contribution in [2.24, 2.45) is 5.29 Å². The molecule has 0 aromatic rings. The Balaban J connectivity index is 2.22. The molecule has 11 heavy (non-hydrogen) atoms. The molecule has 1 rings (SSSR count). The van der Waals surface area contributed by atoms with E-state index in [0.29, 0.717) is 0 Å². The summed E-state index contributed by atoms with van der Waals surface area (Å²) in [7, 11) is 0. The number of nitrogens with zero attached hydrogens (tertiary/aromatic N) is 1. The van der Waals surface area contributed by atoms with E-state index < -0.39 is 5.97 Å². The summed E-state index contributed by atoms with van der Waals surface area (Å²) in [6, 6.07) is -0.288. The van der Waals surface area contributed by atoms with Crippen molar-refractivity contribution in [1.29, 1.82) is 0 Å². The third-order valence-corrected chi connectivity index (χ3v) is 1.53. The minimum absolute atomic E-state index is 0.288. The van der Waals surface area contributed by atoms with E-state index >= 15 is 0 Å². The van der Waals surface area contributed by atoms with Crippen LogP contribution in [0, 0.1) is 4.91 Å². The van der Waals surface area contributed by atoms with Gasteiger partial charge in [0.15, 0.2) is 0 Å². The van der Waals surface area contributed by atoms with E-state index in [0.717, 1.165) is 19.4 Å². The minimum Gasteiger partial charge on any atom is -0.322 e. The quantitative estimate of drug-likeness (QED) is 0.427. The molecule has 62 valence electrons. The molecule has 1 aliphatic heterocycles. The summed E-state index contributed by atoms with van der Waals surface area (Å²) in [6.07, 6.45) is 1.70. The second-order valence-corrected chi connectivity index (χ2v) is 2.25. The van der Waals surface area contributed by atoms with Crippen LogP contribution in [0.4, 0.5) is 0 Å². The van der Waals surface area contributed by atoms with Crippen LogP contribution in [0.3, 0.4) is 0 Å². The number of carbonyl (C=O) groups is 1. The number of carbonyl (C=O) groups excluding carboxylic acids is 1. The van der Waals surface area contributed by atoms with E-state index in [2.05, 4.69) is 15.4 Å². The fraction of sp³-hybridized carbons (Fsp3) is 0.800. The van der Waals surface area contributed by atoms with E-state index in [-0.39, 0.29) is 6.04 Å². The Bertz CT molecular complexity index is 155. The maximum atomic E-state index is 10.9. The van der Waals surface area contributed by atoms with Crippen LogP contribution in [0.1, 0.15) is 12.8 Å². The molecule has 0 aromatic carbocycles. The lowest BCUT2D eigenvalue weighted by atomic mass is 10.2. The van der Waals surface area contributed by atoms with Crippen LogP contribution in [-0.2, 0) is 9.63 Å². The molecule has 0 radical (unpaired) electrons. The SMILES string of the molecule is O=NNOC(=O)[C@@H]1CCCN1. The molecule has 1 saturated heterocycles. The fourth-order valence-electron chi connectivity index (χ4n) is 1.02. The highest BCUT2D eigenvalue weighted by molar-refractivity contribution is 5.75. The predicted octanol–water partition coefficient (Wildman–Crippen LogP) is -0.532. The Morgan fingerprint density at radius 3 is 3.09 bits per heavy atom. The van der Waals surface area contributed by atoms with Crippen molar-refractivity contribution in [2.45, 2.75) is 18.9 Å². The Morgan fingerprint density at radius 2 is 2.55 bits per heavy atom. The molecule has 6 nitrogen and oxygen atoms in total. The van der Waals surface area contributed by atoms with Gasteiger partial charge in [-0.15, -0.1) is 4.91 Å². The number of nitroso groups, excluding NO2 is 1. The zero-order chi connectivity index (χ0) is 8.10. The van der Waals surface area contributed by atoms with E-state index in [9.17, 15) is 9.70 Å². The zero-order valence-corrected chi connectivity index (χ0v) is 5.87. The van der Waals surface area contributed by atoms with Crippen molar-refractivity contribution in [1.82, 2.24) is 10.9 Å². The second kappa shape index (κ2) is 3.87. The van der Waals surface area contributed by atoms with Gasteiger partial charge in [0.1, 0.15) is 6.04 Å². The summed E-state index contributed by atoms with van der Waals surface area (Å²) in [4.78, 5) is 24.6. The number of nitrogens with one attached hydrogen (secondary N) is 2. The normalized spacial score (nSPS) is 22.7. The number of hydrogen-bond donors (Lipinski definition) is 2. The molecule has 0 saturated carbocycles. The largest absolute Gasteiger partial charge is 0.351 e. The predicted molar refractivity (Wildman–Crippen MR) is 36.0 cm³/mol. The average molecular weight is 159 g/mol. The monoisotopic (exact) mass is 159 g/mol. The molecule has 2 N–H and O–H groups in total. The van der Waals surface area contributed by atoms with E-state index in [1.165, 1.54) is 0 Å². The van der Waals surface area contributed by atoms with Crippen LogP contribution in [0.15, 0.2) is 5.29 Å². The van der Waals surface area contributed by atoms with Crippen LogP contribution in [0.25, 0.3) is 0 Å². The summed E-state index contributed by atoms with van der Waals surface area (Å²) in [5, 5.41) is 5.08. The second-order valence-electron chi connectivity index (χ2n) is 2.25. The lowest BCUT2D eigenvalue weighted by Gasteiger charge is -2.05. The number of rotatable bonds is 3. The molecular formula is C5H9N3O3. The third kappa shape index (κ3) is 2.15. The van der Waals surface area contributed by atoms with Gasteiger partial charge in [0.25, 0.3) is 0 Å². The van der Waals surface area contributed by atoms with Crippen molar-refractivity contribution in [3.8, 4) is 0 Å². The van der Waals surface area contributed by atoms with E-state index in [1.807, 2.05) is 0 Å². The van der Waals surface area contributed by atoms with Gasteiger partial charge in [0, 0.05) is 0 Å². The summed E-state index contributed by atoms with van der Waals surface area (Å²) < 4.78 is 0. The van der Waals surface area contributed by atoms with Crippen molar-refractivity contribution >= 4 is 5.97 Å². The molecule has 0 bridgehead atoms. The first-order valence-corrected chi connectivity index (χ1v) is 3.36. The maximum absolute atomic E-state index is 10.9. The number of hydrogen-bond acceptors (Lipinski definition) is 5. The van der Waals surface area contributed by atoms with Gasteiger partial charge < -0.3 is 10.2 Å². The molecule has 0 amide bonds. The van der Waals surface area contributed by atoms with Gasteiger partial charge in [-0.1, -0.05) is 5.59 Å². The van der Waals surface area contributed by atoms with Crippen LogP contribution in [0.2, 0.25) is 0 Å². The first-order chi connectivity index (χ1) is 5.34. The third-order valence-electron chi connectivity index (χ3n) is 1.53. The highest BCUT2D eigenvalue weighted by atomic mass is 16.7. The molecule has 0 aliphatic carbocycles. The lowest BCUT2D eigenvalue weighted by molar-refractivity contribution is -0.153. The summed E-state index contributed by atoms with van der Waals surface area (Å²) in [5.41, 5.74) is 1.60. The van der Waals surface area contributed by atoms with Gasteiger partial charge in [0.2, 0.25) is 0 Å². The standard InChI is InChI=1S/C5H9N3O3/c9-5(11-8-7-10)4-2-1-3-6-4/h4,6H,1-3H2,(H,8,10)/t4-/m0/s1. The Labute approximate surface area is 63.2 Å². The molecule has 1 fully saturated rings. The topological polar surface area (TPSA) is 79.8 Å². The van der Waals surface area contributed by atoms with Crippen LogP contribution in [0.5, 0.6) is 0 Å². The van der Waals surface area contributed by atoms with Gasteiger partial charge in [0.05, 0.1) is 5.29 Å². The van der Waals surface area contributed by atoms with Crippen LogP contribution in [-0.4, -0.2) is 18.6 Å².